The second-order valence-corrected chi connectivity index (χ2v) is 8.32. The maximum atomic E-state index is 13.1. The molecule has 1 aliphatic carbocycles. The normalized spacial score (nSPS) is 15.1. The van der Waals surface area contributed by atoms with Crippen LogP contribution in [0.15, 0.2) is 67.3 Å². The molecule has 1 aliphatic rings. The van der Waals surface area contributed by atoms with Gasteiger partial charge in [-0.1, -0.05) is 62.1 Å². The Bertz CT molecular complexity index is 1170. The van der Waals surface area contributed by atoms with Crippen LogP contribution >= 0.6 is 0 Å². The summed E-state index contributed by atoms with van der Waals surface area (Å²) in [5, 5.41) is 3.23. The Balaban J connectivity index is 1.43. The van der Waals surface area contributed by atoms with Crippen molar-refractivity contribution in [1.29, 1.82) is 0 Å². The van der Waals surface area contributed by atoms with Crippen molar-refractivity contribution in [3.8, 4) is 11.5 Å². The van der Waals surface area contributed by atoms with Gasteiger partial charge in [0, 0.05) is 25.0 Å². The van der Waals surface area contributed by atoms with Crippen molar-refractivity contribution in [2.24, 2.45) is 0 Å². The molecule has 0 unspecified atom stereocenters. The highest BCUT2D eigenvalue weighted by Crippen LogP contribution is 2.23. The second kappa shape index (κ2) is 8.76. The van der Waals surface area contributed by atoms with E-state index in [0.29, 0.717) is 11.5 Å². The predicted molar refractivity (Wildman–Crippen MR) is 121 cm³/mol. The van der Waals surface area contributed by atoms with E-state index in [4.69, 9.17) is 4.98 Å². The molecule has 6 heteroatoms. The molecule has 1 aromatic carbocycles. The van der Waals surface area contributed by atoms with E-state index in [1.165, 1.54) is 31.2 Å². The summed E-state index contributed by atoms with van der Waals surface area (Å²) in [6, 6.07) is 16.4. The van der Waals surface area contributed by atoms with Crippen LogP contribution in [-0.2, 0) is 6.54 Å². The van der Waals surface area contributed by atoms with Gasteiger partial charge in [-0.05, 0) is 30.5 Å². The van der Waals surface area contributed by atoms with Gasteiger partial charge < -0.3 is 9.88 Å². The molecular weight excluding hydrogens is 386 g/mol. The summed E-state index contributed by atoms with van der Waals surface area (Å²) in [6.07, 6.45) is 12.7. The highest BCUT2D eigenvalue weighted by Gasteiger charge is 2.22. The summed E-state index contributed by atoms with van der Waals surface area (Å²) in [5.41, 5.74) is 3.24. The first-order chi connectivity index (χ1) is 15.3. The van der Waals surface area contributed by atoms with Crippen LogP contribution in [0.3, 0.4) is 0 Å². The molecule has 0 saturated heterocycles. The van der Waals surface area contributed by atoms with Crippen molar-refractivity contribution in [2.75, 3.05) is 0 Å². The van der Waals surface area contributed by atoms with Crippen molar-refractivity contribution in [3.05, 3.63) is 78.5 Å². The number of pyridine rings is 1. The summed E-state index contributed by atoms with van der Waals surface area (Å²) in [4.78, 5) is 22.4. The number of imidazole rings is 2. The summed E-state index contributed by atoms with van der Waals surface area (Å²) >= 11 is 0. The molecule has 0 radical (unpaired) electrons. The van der Waals surface area contributed by atoms with Crippen LogP contribution in [0.4, 0.5) is 0 Å². The van der Waals surface area contributed by atoms with Crippen LogP contribution in [0.2, 0.25) is 0 Å². The molecule has 0 spiro atoms. The molecule has 3 heterocycles. The zero-order chi connectivity index (χ0) is 21.0. The first kappa shape index (κ1) is 19.5. The molecule has 0 bridgehead atoms. The molecule has 5 rings (SSSR count). The lowest BCUT2D eigenvalue weighted by Crippen LogP contribution is -2.34. The number of fused-ring (bicyclic) bond motifs is 1. The van der Waals surface area contributed by atoms with Gasteiger partial charge in [0.25, 0.3) is 5.91 Å². The summed E-state index contributed by atoms with van der Waals surface area (Å²) in [7, 11) is 0. The zero-order valence-electron chi connectivity index (χ0n) is 17.6. The Morgan fingerprint density at radius 3 is 2.58 bits per heavy atom. The van der Waals surface area contributed by atoms with Crippen LogP contribution < -0.4 is 5.32 Å². The summed E-state index contributed by atoms with van der Waals surface area (Å²) < 4.78 is 4.00. The van der Waals surface area contributed by atoms with E-state index >= 15 is 0 Å². The fourth-order valence-corrected chi connectivity index (χ4v) is 4.42. The van der Waals surface area contributed by atoms with Crippen molar-refractivity contribution >= 4 is 11.4 Å². The van der Waals surface area contributed by atoms with Gasteiger partial charge in [-0.15, -0.1) is 0 Å². The molecule has 0 atom stereocenters. The van der Waals surface area contributed by atoms with E-state index in [1.54, 1.807) is 0 Å². The lowest BCUT2D eigenvalue weighted by atomic mass is 10.1. The third-order valence-electron chi connectivity index (χ3n) is 6.02. The number of benzene rings is 1. The molecule has 1 saturated carbocycles. The van der Waals surface area contributed by atoms with Gasteiger partial charge in [-0.3, -0.25) is 9.20 Å². The highest BCUT2D eigenvalue weighted by molar-refractivity contribution is 6.00. The molecule has 158 valence electrons. The van der Waals surface area contributed by atoms with Gasteiger partial charge in [-0.2, -0.15) is 0 Å². The highest BCUT2D eigenvalue weighted by atomic mass is 16.2. The van der Waals surface area contributed by atoms with E-state index in [0.717, 1.165) is 30.6 Å². The van der Waals surface area contributed by atoms with E-state index in [1.807, 2.05) is 64.1 Å². The first-order valence-electron chi connectivity index (χ1n) is 11.1. The minimum absolute atomic E-state index is 0.0921. The quantitative estimate of drug-likeness (QED) is 0.483. The molecule has 3 aromatic heterocycles. The fourth-order valence-electron chi connectivity index (χ4n) is 4.42. The Labute approximate surface area is 182 Å². The van der Waals surface area contributed by atoms with Gasteiger partial charge in [0.1, 0.15) is 5.69 Å². The number of rotatable bonds is 5. The van der Waals surface area contributed by atoms with Gasteiger partial charge in [-0.25, -0.2) is 9.97 Å². The number of nitrogens with zero attached hydrogens (tertiary/aromatic N) is 4. The van der Waals surface area contributed by atoms with Crippen molar-refractivity contribution in [1.82, 2.24) is 24.3 Å². The van der Waals surface area contributed by atoms with Crippen LogP contribution in [0.25, 0.3) is 17.0 Å². The standard InChI is InChI=1S/C25H27N5O/c31-25(27-20-12-6-1-2-7-13-20)23-22-14-8-9-15-30(22)24(28-23)21-17-29(18-26-21)16-19-10-4-3-5-11-19/h3-5,8-11,14-15,17-18,20H,1-2,6-7,12-13,16H2,(H,27,31). The number of hydrogen-bond acceptors (Lipinski definition) is 3. The van der Waals surface area contributed by atoms with Crippen molar-refractivity contribution in [3.63, 3.8) is 0 Å². The number of carbonyl (C=O) groups excluding carboxylic acids is 1. The van der Waals surface area contributed by atoms with Crippen LogP contribution in [0, 0.1) is 0 Å². The third-order valence-corrected chi connectivity index (χ3v) is 6.02. The average Bonchev–Trinajstić information content (AvgIpc) is 3.32. The van der Waals surface area contributed by atoms with Gasteiger partial charge in [0.15, 0.2) is 11.5 Å². The number of carbonyl (C=O) groups is 1. The van der Waals surface area contributed by atoms with Crippen LogP contribution in [0.1, 0.15) is 54.6 Å². The minimum Gasteiger partial charge on any atom is -0.348 e. The smallest absolute Gasteiger partial charge is 0.272 e. The fraction of sp³-hybridized carbons (Fsp3) is 0.320. The second-order valence-electron chi connectivity index (χ2n) is 8.32. The Hall–Kier alpha value is -3.41. The van der Waals surface area contributed by atoms with Crippen molar-refractivity contribution in [2.45, 2.75) is 51.1 Å². The Morgan fingerprint density at radius 2 is 1.77 bits per heavy atom. The van der Waals surface area contributed by atoms with Crippen molar-refractivity contribution < 1.29 is 4.79 Å². The Morgan fingerprint density at radius 1 is 1.00 bits per heavy atom. The topological polar surface area (TPSA) is 64.2 Å². The van der Waals surface area contributed by atoms with E-state index in [-0.39, 0.29) is 11.9 Å². The van der Waals surface area contributed by atoms with Crippen LogP contribution in [0.5, 0.6) is 0 Å². The number of nitrogens with one attached hydrogen (secondary N) is 1. The Kier molecular flexibility index (Phi) is 5.52. The molecule has 1 fully saturated rings. The molecule has 6 nitrogen and oxygen atoms in total. The lowest BCUT2D eigenvalue weighted by molar-refractivity contribution is 0.0930. The average molecular weight is 414 g/mol. The lowest BCUT2D eigenvalue weighted by Gasteiger charge is -2.15. The van der Waals surface area contributed by atoms with Gasteiger partial charge in [0.2, 0.25) is 0 Å². The molecular formula is C25H27N5O. The zero-order valence-corrected chi connectivity index (χ0v) is 17.6. The SMILES string of the molecule is O=C(NC1CCCCCC1)c1nc(-c2cn(Cc3ccccc3)cn2)n2ccccc12. The number of hydrogen-bond donors (Lipinski definition) is 1. The summed E-state index contributed by atoms with van der Waals surface area (Å²) in [5.74, 6) is 0.596. The van der Waals surface area contributed by atoms with Gasteiger partial charge in [0.05, 0.1) is 11.8 Å². The van der Waals surface area contributed by atoms with E-state index in [2.05, 4.69) is 22.4 Å². The third kappa shape index (κ3) is 4.24. The van der Waals surface area contributed by atoms with E-state index < -0.39 is 0 Å². The molecule has 0 aliphatic heterocycles. The van der Waals surface area contributed by atoms with Crippen LogP contribution in [-0.4, -0.2) is 30.9 Å². The summed E-state index contributed by atoms with van der Waals surface area (Å²) in [6.45, 7) is 0.742. The largest absolute Gasteiger partial charge is 0.348 e. The predicted octanol–water partition coefficient (Wildman–Crippen LogP) is 4.70. The minimum atomic E-state index is -0.0921. The van der Waals surface area contributed by atoms with Gasteiger partial charge >= 0.3 is 0 Å². The molecule has 1 amide bonds. The molecule has 4 aromatic rings. The molecule has 1 N–H and O–H groups in total. The number of amides is 1. The monoisotopic (exact) mass is 413 g/mol. The number of aromatic nitrogens is 4. The maximum absolute atomic E-state index is 13.1. The van der Waals surface area contributed by atoms with E-state index in [9.17, 15) is 4.79 Å². The first-order valence-corrected chi connectivity index (χ1v) is 11.1. The molecule has 31 heavy (non-hydrogen) atoms. The maximum Gasteiger partial charge on any atom is 0.272 e.